The summed E-state index contributed by atoms with van der Waals surface area (Å²) in [5, 5.41) is 11.8. The second-order valence-corrected chi connectivity index (χ2v) is 7.31. The van der Waals surface area contributed by atoms with Crippen molar-refractivity contribution in [1.29, 1.82) is 0 Å². The Hall–Kier alpha value is -2.78. The highest BCUT2D eigenvalue weighted by molar-refractivity contribution is 7.18. The molecular weight excluding hydrogens is 358 g/mol. The highest BCUT2D eigenvalue weighted by Crippen LogP contribution is 2.33. The minimum atomic E-state index is -0.463. The fraction of sp³-hybridized carbons (Fsp3) is 0.294. The lowest BCUT2D eigenvalue weighted by atomic mass is 10.1. The van der Waals surface area contributed by atoms with E-state index in [1.54, 1.807) is 0 Å². The lowest BCUT2D eigenvalue weighted by molar-refractivity contribution is -0.385. The van der Waals surface area contributed by atoms with Crippen LogP contribution >= 0.6 is 11.3 Å². The molecule has 0 saturated carbocycles. The highest BCUT2D eigenvalue weighted by Gasteiger charge is 2.22. The van der Waals surface area contributed by atoms with Crippen LogP contribution in [0.1, 0.15) is 21.6 Å². The summed E-state index contributed by atoms with van der Waals surface area (Å²) < 4.78 is 12.2. The predicted molar refractivity (Wildman–Crippen MR) is 95.8 cm³/mol. The number of nitrogens with zero attached hydrogens (tertiary/aromatic N) is 3. The van der Waals surface area contributed by atoms with E-state index in [4.69, 9.17) is 9.47 Å². The molecule has 2 aromatic heterocycles. The zero-order valence-corrected chi connectivity index (χ0v) is 15.0. The second-order valence-electron chi connectivity index (χ2n) is 6.10. The van der Waals surface area contributed by atoms with Crippen molar-refractivity contribution in [2.75, 3.05) is 6.79 Å². The van der Waals surface area contributed by atoms with Crippen LogP contribution in [0.25, 0.3) is 10.2 Å². The molecule has 0 radical (unpaired) electrons. The first kappa shape index (κ1) is 16.7. The van der Waals surface area contributed by atoms with Gasteiger partial charge in [0.05, 0.1) is 29.8 Å². The van der Waals surface area contributed by atoms with E-state index in [1.165, 1.54) is 34.4 Å². The monoisotopic (exact) mass is 373 g/mol. The van der Waals surface area contributed by atoms with Gasteiger partial charge in [-0.1, -0.05) is 0 Å². The SMILES string of the molecule is Cc1sc2ncn(Cc3cc([N+](=O)[O-])cc4c3OCOC4)c(=O)c2c1C. The molecule has 134 valence electrons. The van der Waals surface area contributed by atoms with Crippen molar-refractivity contribution >= 4 is 27.2 Å². The van der Waals surface area contributed by atoms with Gasteiger partial charge in [-0.2, -0.15) is 0 Å². The maximum atomic E-state index is 12.9. The molecule has 1 aliphatic heterocycles. The van der Waals surface area contributed by atoms with Gasteiger partial charge in [0.2, 0.25) is 0 Å². The van der Waals surface area contributed by atoms with Crippen molar-refractivity contribution in [2.24, 2.45) is 0 Å². The zero-order valence-electron chi connectivity index (χ0n) is 14.1. The van der Waals surface area contributed by atoms with Crippen LogP contribution in [-0.4, -0.2) is 21.3 Å². The van der Waals surface area contributed by atoms with Gasteiger partial charge in [0.1, 0.15) is 10.6 Å². The fourth-order valence-electron chi connectivity index (χ4n) is 3.07. The van der Waals surface area contributed by atoms with Crippen molar-refractivity contribution in [1.82, 2.24) is 9.55 Å². The van der Waals surface area contributed by atoms with E-state index in [0.29, 0.717) is 27.1 Å². The first-order valence-electron chi connectivity index (χ1n) is 7.91. The Labute approximate surface area is 151 Å². The summed E-state index contributed by atoms with van der Waals surface area (Å²) in [7, 11) is 0. The molecule has 4 rings (SSSR count). The fourth-order valence-corrected chi connectivity index (χ4v) is 4.06. The Bertz CT molecular complexity index is 1100. The normalized spacial score (nSPS) is 13.5. The van der Waals surface area contributed by atoms with Gasteiger partial charge in [0.15, 0.2) is 6.79 Å². The quantitative estimate of drug-likeness (QED) is 0.517. The standard InChI is InChI=1S/C17H15N3O5S/c1-9-10(2)26-16-14(9)17(21)19(7-18-16)5-11-3-13(20(22)23)4-12-6-24-8-25-15(11)12/h3-4,7H,5-6,8H2,1-2H3. The predicted octanol–water partition coefficient (Wildman–Crippen LogP) is 2.90. The number of aromatic nitrogens is 2. The summed E-state index contributed by atoms with van der Waals surface area (Å²) in [5.41, 5.74) is 1.86. The number of nitro benzene ring substituents is 1. The molecule has 0 aliphatic carbocycles. The van der Waals surface area contributed by atoms with Gasteiger partial charge in [-0.15, -0.1) is 11.3 Å². The molecule has 1 aliphatic rings. The van der Waals surface area contributed by atoms with Crippen LogP contribution in [0.2, 0.25) is 0 Å². The Balaban J connectivity index is 1.85. The van der Waals surface area contributed by atoms with Crippen LogP contribution in [0.5, 0.6) is 5.75 Å². The lowest BCUT2D eigenvalue weighted by Gasteiger charge is -2.20. The third-order valence-electron chi connectivity index (χ3n) is 4.48. The molecule has 0 N–H and O–H groups in total. The number of fused-ring (bicyclic) bond motifs is 2. The van der Waals surface area contributed by atoms with Crippen molar-refractivity contribution in [2.45, 2.75) is 27.0 Å². The summed E-state index contributed by atoms with van der Waals surface area (Å²) >= 11 is 1.48. The number of rotatable bonds is 3. The van der Waals surface area contributed by atoms with Gasteiger partial charge in [0.25, 0.3) is 11.2 Å². The third kappa shape index (κ3) is 2.65. The van der Waals surface area contributed by atoms with E-state index in [1.807, 2.05) is 13.8 Å². The first-order chi connectivity index (χ1) is 12.5. The molecule has 0 amide bonds. The second kappa shape index (κ2) is 6.19. The van der Waals surface area contributed by atoms with Gasteiger partial charge in [0, 0.05) is 28.1 Å². The molecule has 0 fully saturated rings. The Morgan fingerprint density at radius 2 is 2.19 bits per heavy atom. The largest absolute Gasteiger partial charge is 0.467 e. The molecule has 0 bridgehead atoms. The molecule has 0 saturated heterocycles. The minimum absolute atomic E-state index is 0.0579. The molecule has 26 heavy (non-hydrogen) atoms. The maximum absolute atomic E-state index is 12.9. The summed E-state index contributed by atoms with van der Waals surface area (Å²) in [4.78, 5) is 29.8. The van der Waals surface area contributed by atoms with Gasteiger partial charge in [-0.25, -0.2) is 4.98 Å². The molecule has 8 nitrogen and oxygen atoms in total. The van der Waals surface area contributed by atoms with Crippen molar-refractivity contribution in [3.63, 3.8) is 0 Å². The van der Waals surface area contributed by atoms with E-state index in [0.717, 1.165) is 10.4 Å². The number of thiophene rings is 1. The number of aryl methyl sites for hydroxylation is 2. The molecule has 0 spiro atoms. The molecule has 1 aromatic carbocycles. The van der Waals surface area contributed by atoms with Crippen LogP contribution in [0.15, 0.2) is 23.3 Å². The van der Waals surface area contributed by atoms with E-state index >= 15 is 0 Å². The van der Waals surface area contributed by atoms with E-state index in [2.05, 4.69) is 4.98 Å². The van der Waals surface area contributed by atoms with E-state index in [9.17, 15) is 14.9 Å². The Kier molecular flexibility index (Phi) is 3.97. The van der Waals surface area contributed by atoms with Crippen LogP contribution in [0, 0.1) is 24.0 Å². The average Bonchev–Trinajstić information content (AvgIpc) is 2.92. The van der Waals surface area contributed by atoms with Gasteiger partial charge in [-0.3, -0.25) is 19.5 Å². The molecule has 9 heteroatoms. The van der Waals surface area contributed by atoms with Crippen molar-refractivity contribution < 1.29 is 14.4 Å². The van der Waals surface area contributed by atoms with Gasteiger partial charge in [-0.05, 0) is 19.4 Å². The van der Waals surface area contributed by atoms with Gasteiger partial charge < -0.3 is 9.47 Å². The third-order valence-corrected chi connectivity index (χ3v) is 5.59. The van der Waals surface area contributed by atoms with E-state index < -0.39 is 4.92 Å². The number of hydrogen-bond acceptors (Lipinski definition) is 7. The Morgan fingerprint density at radius 3 is 2.96 bits per heavy atom. The van der Waals surface area contributed by atoms with Crippen molar-refractivity contribution in [3.8, 4) is 5.75 Å². The first-order valence-corrected chi connectivity index (χ1v) is 8.73. The summed E-state index contributed by atoms with van der Waals surface area (Å²) in [6.45, 7) is 4.31. The topological polar surface area (TPSA) is 96.5 Å². The summed E-state index contributed by atoms with van der Waals surface area (Å²) in [5.74, 6) is 0.534. The molecule has 0 atom stereocenters. The highest BCUT2D eigenvalue weighted by atomic mass is 32.1. The zero-order chi connectivity index (χ0) is 18.4. The van der Waals surface area contributed by atoms with Crippen molar-refractivity contribution in [3.05, 3.63) is 60.5 Å². The number of non-ortho nitro benzene ring substituents is 1. The maximum Gasteiger partial charge on any atom is 0.270 e. The van der Waals surface area contributed by atoms with E-state index in [-0.39, 0.29) is 31.2 Å². The van der Waals surface area contributed by atoms with Crippen LogP contribution in [-0.2, 0) is 17.9 Å². The molecule has 3 aromatic rings. The number of ether oxygens (including phenoxy) is 2. The van der Waals surface area contributed by atoms with Crippen LogP contribution in [0.3, 0.4) is 0 Å². The molecule has 0 unspecified atom stereocenters. The number of benzene rings is 1. The van der Waals surface area contributed by atoms with Crippen LogP contribution in [0.4, 0.5) is 5.69 Å². The average molecular weight is 373 g/mol. The van der Waals surface area contributed by atoms with Crippen LogP contribution < -0.4 is 10.3 Å². The molecule has 3 heterocycles. The lowest BCUT2D eigenvalue weighted by Crippen LogP contribution is -2.22. The summed E-state index contributed by atoms with van der Waals surface area (Å²) in [6.07, 6.45) is 1.48. The molecular formula is C17H15N3O5S. The minimum Gasteiger partial charge on any atom is -0.467 e. The number of hydrogen-bond donors (Lipinski definition) is 0. The Morgan fingerprint density at radius 1 is 1.38 bits per heavy atom. The summed E-state index contributed by atoms with van der Waals surface area (Å²) in [6, 6.07) is 2.88. The van der Waals surface area contributed by atoms with Gasteiger partial charge >= 0.3 is 0 Å². The smallest absolute Gasteiger partial charge is 0.270 e. The number of nitro groups is 1.